The summed E-state index contributed by atoms with van der Waals surface area (Å²) < 4.78 is 12.2. The Morgan fingerprint density at radius 2 is 1.69 bits per heavy atom. The first-order valence-corrected chi connectivity index (χ1v) is 9.83. The van der Waals surface area contributed by atoms with Crippen LogP contribution < -0.4 is 0 Å². The highest BCUT2D eigenvalue weighted by Gasteiger charge is 2.51. The Morgan fingerprint density at radius 1 is 1.08 bits per heavy atom. The zero-order valence-corrected chi connectivity index (χ0v) is 16.9. The predicted octanol–water partition coefficient (Wildman–Crippen LogP) is 5.42. The molecule has 0 aromatic heterocycles. The first-order chi connectivity index (χ1) is 12.3. The summed E-state index contributed by atoms with van der Waals surface area (Å²) in [5, 5.41) is 0. The summed E-state index contributed by atoms with van der Waals surface area (Å²) in [7, 11) is -0.356. The molecule has 1 heterocycles. The van der Waals surface area contributed by atoms with E-state index >= 15 is 0 Å². The smallest absolute Gasteiger partial charge is 0.403 e. The van der Waals surface area contributed by atoms with Crippen LogP contribution in [0.3, 0.4) is 0 Å². The van der Waals surface area contributed by atoms with E-state index in [1.54, 1.807) is 0 Å². The highest BCUT2D eigenvalue weighted by molar-refractivity contribution is 6.45. The van der Waals surface area contributed by atoms with Gasteiger partial charge in [-0.05, 0) is 46.0 Å². The van der Waals surface area contributed by atoms with E-state index in [0.717, 1.165) is 18.3 Å². The molecule has 0 amide bonds. The Bertz CT molecular complexity index is 579. The van der Waals surface area contributed by atoms with Gasteiger partial charge >= 0.3 is 7.12 Å². The summed E-state index contributed by atoms with van der Waals surface area (Å²) in [6, 6.07) is 10.2. The van der Waals surface area contributed by atoms with Gasteiger partial charge in [0, 0.05) is 11.8 Å². The zero-order chi connectivity index (χ0) is 19.2. The Kier molecular flexibility index (Phi) is 7.25. The molecule has 0 radical (unpaired) electrons. The number of allylic oxidation sites excluding steroid dienone is 2. The molecule has 0 spiro atoms. The fourth-order valence-electron chi connectivity index (χ4n) is 3.31. The molecule has 1 aromatic carbocycles. The van der Waals surface area contributed by atoms with Gasteiger partial charge < -0.3 is 14.1 Å². The van der Waals surface area contributed by atoms with E-state index in [-0.39, 0.29) is 30.2 Å². The van der Waals surface area contributed by atoms with Crippen LogP contribution in [-0.2, 0) is 14.1 Å². The molecule has 3 nitrogen and oxygen atoms in total. The molecule has 2 rings (SSSR count). The summed E-state index contributed by atoms with van der Waals surface area (Å²) in [6.07, 6.45) is 9.41. The minimum Gasteiger partial charge on any atom is -0.403 e. The molecule has 0 saturated carbocycles. The van der Waals surface area contributed by atoms with E-state index in [1.165, 1.54) is 12.8 Å². The van der Waals surface area contributed by atoms with Crippen molar-refractivity contribution in [3.8, 4) is 0 Å². The molecule has 1 fully saturated rings. The number of rotatable bonds is 9. The maximum absolute atomic E-state index is 12.0. The van der Waals surface area contributed by atoms with Crippen molar-refractivity contribution in [3.05, 3.63) is 48.0 Å². The van der Waals surface area contributed by atoms with Crippen molar-refractivity contribution in [2.24, 2.45) is 5.92 Å². The van der Waals surface area contributed by atoms with Crippen molar-refractivity contribution < 1.29 is 14.1 Å². The fraction of sp³-hybridized carbons (Fsp3) is 0.591. The number of hydrogen-bond donors (Lipinski definition) is 0. The second-order valence-corrected chi connectivity index (χ2v) is 8.23. The summed E-state index contributed by atoms with van der Waals surface area (Å²) in [5.41, 5.74) is 0.420. The molecule has 0 bridgehead atoms. The lowest BCUT2D eigenvalue weighted by Crippen LogP contribution is -2.41. The van der Waals surface area contributed by atoms with Gasteiger partial charge in [0.1, 0.15) is 6.29 Å². The van der Waals surface area contributed by atoms with Crippen molar-refractivity contribution in [2.45, 2.75) is 77.3 Å². The second-order valence-electron chi connectivity index (χ2n) is 8.23. The molecule has 1 saturated heterocycles. The van der Waals surface area contributed by atoms with Crippen LogP contribution in [0.15, 0.2) is 42.5 Å². The van der Waals surface area contributed by atoms with E-state index in [9.17, 15) is 4.79 Å². The molecule has 1 aliphatic rings. The van der Waals surface area contributed by atoms with E-state index in [2.05, 4.69) is 31.2 Å². The van der Waals surface area contributed by atoms with Crippen molar-refractivity contribution >= 4 is 13.4 Å². The van der Waals surface area contributed by atoms with Crippen molar-refractivity contribution in [2.75, 3.05) is 0 Å². The van der Waals surface area contributed by atoms with Crippen LogP contribution >= 0.6 is 0 Å². The topological polar surface area (TPSA) is 35.5 Å². The summed E-state index contributed by atoms with van der Waals surface area (Å²) in [5.74, 6) is -0.130. The molecule has 1 aromatic rings. The van der Waals surface area contributed by atoms with Crippen molar-refractivity contribution in [3.63, 3.8) is 0 Å². The quantitative estimate of drug-likeness (QED) is 0.256. The number of aldehydes is 1. The van der Waals surface area contributed by atoms with E-state index in [1.807, 2.05) is 45.9 Å². The van der Waals surface area contributed by atoms with E-state index in [4.69, 9.17) is 9.31 Å². The average Bonchev–Trinajstić information content (AvgIpc) is 2.81. The number of unbranched alkanes of at least 4 members (excludes halogenated alkanes) is 2. The lowest BCUT2D eigenvalue weighted by Gasteiger charge is -2.32. The molecule has 26 heavy (non-hydrogen) atoms. The molecule has 0 aliphatic carbocycles. The lowest BCUT2D eigenvalue weighted by atomic mass is 9.71. The fourth-order valence-corrected chi connectivity index (χ4v) is 3.31. The van der Waals surface area contributed by atoms with E-state index < -0.39 is 0 Å². The Morgan fingerprint density at radius 3 is 2.23 bits per heavy atom. The average molecular weight is 356 g/mol. The van der Waals surface area contributed by atoms with E-state index in [0.29, 0.717) is 6.32 Å². The third kappa shape index (κ3) is 5.08. The number of benzene rings is 1. The van der Waals surface area contributed by atoms with Gasteiger partial charge in [0.25, 0.3) is 0 Å². The van der Waals surface area contributed by atoms with Gasteiger partial charge in [0.15, 0.2) is 0 Å². The lowest BCUT2D eigenvalue weighted by molar-refractivity contribution is -0.111. The number of carbonyl (C=O) groups is 1. The van der Waals surface area contributed by atoms with Crippen molar-refractivity contribution in [1.82, 2.24) is 0 Å². The zero-order valence-electron chi connectivity index (χ0n) is 16.9. The Labute approximate surface area is 159 Å². The van der Waals surface area contributed by atoms with Crippen LogP contribution in [0, 0.1) is 5.92 Å². The van der Waals surface area contributed by atoms with Crippen LogP contribution in [0.5, 0.6) is 0 Å². The number of carbonyl (C=O) groups excluding carboxylic acids is 1. The van der Waals surface area contributed by atoms with Gasteiger partial charge in [-0.2, -0.15) is 0 Å². The number of hydrogen-bond acceptors (Lipinski definition) is 3. The van der Waals surface area contributed by atoms with Crippen LogP contribution in [0.4, 0.5) is 0 Å². The standard InChI is InChI=1S/C22H33BO3/c1-6-7-8-12-15-20(18-13-10-9-11-14-18)19(17-24)16-23-25-21(2,3)22(4,5)26-23/h9-15,17,19-20H,6-8,16H2,1-5H3/b15-12+/t19-,20+/m1/s1. The monoisotopic (exact) mass is 356 g/mol. The molecular weight excluding hydrogens is 323 g/mol. The van der Waals surface area contributed by atoms with Crippen molar-refractivity contribution in [1.29, 1.82) is 0 Å². The maximum Gasteiger partial charge on any atom is 0.458 e. The largest absolute Gasteiger partial charge is 0.458 e. The summed E-state index contributed by atoms with van der Waals surface area (Å²) in [6.45, 7) is 10.4. The van der Waals surface area contributed by atoms with Gasteiger partial charge in [0.2, 0.25) is 0 Å². The molecule has 2 atom stereocenters. The van der Waals surface area contributed by atoms with Crippen LogP contribution in [0.2, 0.25) is 6.32 Å². The van der Waals surface area contributed by atoms with Crippen LogP contribution in [0.25, 0.3) is 0 Å². The maximum atomic E-state index is 12.0. The minimum absolute atomic E-state index is 0.0459. The van der Waals surface area contributed by atoms with Gasteiger partial charge in [-0.1, -0.05) is 62.2 Å². The van der Waals surface area contributed by atoms with Crippen LogP contribution in [-0.4, -0.2) is 24.6 Å². The minimum atomic E-state index is -0.371. The highest BCUT2D eigenvalue weighted by Crippen LogP contribution is 2.40. The molecule has 0 N–H and O–H groups in total. The summed E-state index contributed by atoms with van der Waals surface area (Å²) >= 11 is 0. The first-order valence-electron chi connectivity index (χ1n) is 9.83. The summed E-state index contributed by atoms with van der Waals surface area (Å²) in [4.78, 5) is 12.0. The Balaban J connectivity index is 2.16. The normalized spacial score (nSPS) is 21.0. The highest BCUT2D eigenvalue weighted by atomic mass is 16.7. The molecule has 142 valence electrons. The predicted molar refractivity (Wildman–Crippen MR) is 108 cm³/mol. The van der Waals surface area contributed by atoms with Crippen LogP contribution in [0.1, 0.15) is 65.4 Å². The third-order valence-corrected chi connectivity index (χ3v) is 5.65. The SMILES string of the molecule is CCCC/C=C/[C@@H](c1ccccc1)[C@@H](C=O)CB1OC(C)(C)C(C)(C)O1. The molecule has 4 heteroatoms. The second kappa shape index (κ2) is 9.01. The van der Waals surface area contributed by atoms with Gasteiger partial charge in [-0.3, -0.25) is 0 Å². The van der Waals surface area contributed by atoms with Gasteiger partial charge in [0.05, 0.1) is 11.2 Å². The first kappa shape index (κ1) is 20.9. The van der Waals surface area contributed by atoms with Gasteiger partial charge in [-0.25, -0.2) is 0 Å². The molecule has 0 unspecified atom stereocenters. The molecular formula is C22H33BO3. The molecule has 1 aliphatic heterocycles. The Hall–Kier alpha value is -1.39. The third-order valence-electron chi connectivity index (χ3n) is 5.65. The van der Waals surface area contributed by atoms with Gasteiger partial charge in [-0.15, -0.1) is 0 Å².